The molecule has 3 heteroatoms. The maximum absolute atomic E-state index is 12.5. The van der Waals surface area contributed by atoms with Crippen LogP contribution in [0.2, 0.25) is 0 Å². The zero-order valence-corrected chi connectivity index (χ0v) is 16.5. The summed E-state index contributed by atoms with van der Waals surface area (Å²) in [6.45, 7) is 2.26. The first-order chi connectivity index (χ1) is 12.7. The summed E-state index contributed by atoms with van der Waals surface area (Å²) in [5, 5.41) is 11.3. The Bertz CT molecular complexity index is 502. The summed E-state index contributed by atoms with van der Waals surface area (Å²) in [5.74, 6) is -0.301. The average molecular weight is 360 g/mol. The Hall–Kier alpha value is -1.35. The van der Waals surface area contributed by atoms with Crippen LogP contribution in [0.3, 0.4) is 0 Å². The van der Waals surface area contributed by atoms with Crippen LogP contribution in [0.25, 0.3) is 0 Å². The largest absolute Gasteiger partial charge is 0.286 e. The van der Waals surface area contributed by atoms with E-state index in [0.717, 1.165) is 36.3 Å². The number of unbranched alkanes of at least 4 members (excludes halogenated alkanes) is 9. The maximum Gasteiger partial charge on any atom is 0.253 e. The average Bonchev–Trinajstić information content (AvgIpc) is 2.67. The van der Waals surface area contributed by atoms with Crippen molar-refractivity contribution in [2.45, 2.75) is 102 Å². The molecule has 1 aromatic rings. The van der Waals surface area contributed by atoms with Crippen molar-refractivity contribution in [3.05, 3.63) is 35.9 Å². The first-order valence-electron chi connectivity index (χ1n) is 10.8. The van der Waals surface area contributed by atoms with E-state index in [0.29, 0.717) is 0 Å². The van der Waals surface area contributed by atoms with Gasteiger partial charge in [-0.2, -0.15) is 0 Å². The highest BCUT2D eigenvalue weighted by molar-refractivity contribution is 5.83. The number of amides is 1. The number of carbonyl (C=O) groups is 1. The van der Waals surface area contributed by atoms with E-state index in [1.54, 1.807) is 0 Å². The van der Waals surface area contributed by atoms with Crippen LogP contribution in [0.4, 0.5) is 0 Å². The summed E-state index contributed by atoms with van der Waals surface area (Å²) < 4.78 is 0. The van der Waals surface area contributed by atoms with Gasteiger partial charge in [0.25, 0.3) is 5.91 Å². The third-order valence-corrected chi connectivity index (χ3v) is 5.75. The molecule has 3 nitrogen and oxygen atoms in total. The van der Waals surface area contributed by atoms with Crippen LogP contribution in [0, 0.1) is 0 Å². The highest BCUT2D eigenvalue weighted by Crippen LogP contribution is 2.32. The molecule has 0 radical (unpaired) electrons. The molecule has 2 rings (SSSR count). The lowest BCUT2D eigenvalue weighted by molar-refractivity contribution is -0.185. The van der Waals surface area contributed by atoms with Crippen LogP contribution >= 0.6 is 0 Å². The second-order valence-corrected chi connectivity index (χ2v) is 7.85. The molecule has 0 saturated carbocycles. The number of hydrogen-bond donors (Lipinski definition) is 1. The zero-order chi connectivity index (χ0) is 18.6. The third-order valence-electron chi connectivity index (χ3n) is 5.75. The van der Waals surface area contributed by atoms with E-state index in [1.165, 1.54) is 57.8 Å². The quantitative estimate of drug-likeness (QED) is 0.343. The van der Waals surface area contributed by atoms with E-state index < -0.39 is 0 Å². The fraction of sp³-hybridized carbons (Fsp3) is 0.696. The fourth-order valence-electron chi connectivity index (χ4n) is 4.07. The molecular weight excluding hydrogens is 322 g/mol. The lowest BCUT2D eigenvalue weighted by Gasteiger charge is -2.35. The van der Waals surface area contributed by atoms with E-state index in [-0.39, 0.29) is 17.9 Å². The summed E-state index contributed by atoms with van der Waals surface area (Å²) in [7, 11) is 0. The minimum atomic E-state index is -0.176. The second kappa shape index (κ2) is 12.1. The number of benzene rings is 1. The number of rotatable bonds is 12. The Labute approximate surface area is 159 Å². The SMILES string of the molecule is CCCCCCCCCCCCC1CCC(c2ccccc2)C(=O)N1O. The summed E-state index contributed by atoms with van der Waals surface area (Å²) in [6, 6.07) is 9.86. The minimum Gasteiger partial charge on any atom is -0.286 e. The summed E-state index contributed by atoms with van der Waals surface area (Å²) in [5.41, 5.74) is 1.02. The molecule has 2 unspecified atom stereocenters. The van der Waals surface area contributed by atoms with Gasteiger partial charge in [0, 0.05) is 0 Å². The van der Waals surface area contributed by atoms with Crippen molar-refractivity contribution >= 4 is 5.91 Å². The van der Waals surface area contributed by atoms with Gasteiger partial charge in [-0.1, -0.05) is 101 Å². The van der Waals surface area contributed by atoms with Gasteiger partial charge in [-0.3, -0.25) is 10.0 Å². The monoisotopic (exact) mass is 359 g/mol. The predicted molar refractivity (Wildman–Crippen MR) is 107 cm³/mol. The van der Waals surface area contributed by atoms with Crippen molar-refractivity contribution in [2.24, 2.45) is 0 Å². The van der Waals surface area contributed by atoms with Crippen LogP contribution in [0.15, 0.2) is 30.3 Å². The van der Waals surface area contributed by atoms with Gasteiger partial charge < -0.3 is 0 Å². The van der Waals surface area contributed by atoms with Gasteiger partial charge in [0.1, 0.15) is 0 Å². The second-order valence-electron chi connectivity index (χ2n) is 7.85. The van der Waals surface area contributed by atoms with Gasteiger partial charge in [0.15, 0.2) is 0 Å². The van der Waals surface area contributed by atoms with Gasteiger partial charge >= 0.3 is 0 Å². The Morgan fingerprint density at radius 1 is 0.885 bits per heavy atom. The van der Waals surface area contributed by atoms with Gasteiger partial charge in [0.2, 0.25) is 0 Å². The van der Waals surface area contributed by atoms with Crippen molar-refractivity contribution in [2.75, 3.05) is 0 Å². The Balaban J connectivity index is 1.58. The molecule has 0 aliphatic carbocycles. The van der Waals surface area contributed by atoms with Crippen LogP contribution in [-0.4, -0.2) is 22.2 Å². The summed E-state index contributed by atoms with van der Waals surface area (Å²) in [4.78, 5) is 12.5. The maximum atomic E-state index is 12.5. The number of nitrogens with zero attached hydrogens (tertiary/aromatic N) is 1. The summed E-state index contributed by atoms with van der Waals surface area (Å²) in [6.07, 6.45) is 15.8. The Morgan fingerprint density at radius 2 is 1.46 bits per heavy atom. The molecule has 0 aromatic heterocycles. The fourth-order valence-corrected chi connectivity index (χ4v) is 4.07. The topological polar surface area (TPSA) is 40.5 Å². The minimum absolute atomic E-state index is 0.0107. The molecule has 1 saturated heterocycles. The highest BCUT2D eigenvalue weighted by atomic mass is 16.5. The lowest BCUT2D eigenvalue weighted by Crippen LogP contribution is -2.44. The number of hydroxylamine groups is 2. The van der Waals surface area contributed by atoms with E-state index in [1.807, 2.05) is 30.3 Å². The van der Waals surface area contributed by atoms with Gasteiger partial charge in [-0.25, -0.2) is 5.06 Å². The molecule has 1 amide bonds. The van der Waals surface area contributed by atoms with Crippen molar-refractivity contribution in [1.82, 2.24) is 5.06 Å². The number of piperidine rings is 1. The number of carbonyl (C=O) groups excluding carboxylic acids is 1. The predicted octanol–water partition coefficient (Wildman–Crippen LogP) is 6.46. The first-order valence-corrected chi connectivity index (χ1v) is 10.8. The molecule has 26 heavy (non-hydrogen) atoms. The third kappa shape index (κ3) is 6.75. The normalized spacial score (nSPS) is 20.5. The van der Waals surface area contributed by atoms with E-state index in [4.69, 9.17) is 0 Å². The molecule has 1 N–H and O–H groups in total. The summed E-state index contributed by atoms with van der Waals surface area (Å²) >= 11 is 0. The van der Waals surface area contributed by atoms with Gasteiger partial charge in [-0.05, 0) is 24.8 Å². The molecule has 1 aliphatic heterocycles. The molecule has 1 aromatic carbocycles. The Morgan fingerprint density at radius 3 is 2.08 bits per heavy atom. The van der Waals surface area contributed by atoms with Crippen molar-refractivity contribution < 1.29 is 10.0 Å². The molecular formula is C23H37NO2. The molecule has 146 valence electrons. The smallest absolute Gasteiger partial charge is 0.253 e. The van der Waals surface area contributed by atoms with E-state index >= 15 is 0 Å². The molecule has 1 aliphatic rings. The number of hydrogen-bond acceptors (Lipinski definition) is 2. The molecule has 0 spiro atoms. The lowest BCUT2D eigenvalue weighted by atomic mass is 9.86. The van der Waals surface area contributed by atoms with Crippen LogP contribution in [0.5, 0.6) is 0 Å². The van der Waals surface area contributed by atoms with Crippen molar-refractivity contribution in [1.29, 1.82) is 0 Å². The first kappa shape index (κ1) is 21.0. The molecule has 0 bridgehead atoms. The van der Waals surface area contributed by atoms with Gasteiger partial charge in [-0.15, -0.1) is 0 Å². The standard InChI is InChI=1S/C23H37NO2/c1-2-3-4-5-6-7-8-9-10-14-17-21-18-19-22(23(25)24(21)26)20-15-12-11-13-16-20/h11-13,15-16,21-22,26H,2-10,14,17-19H2,1H3. The van der Waals surface area contributed by atoms with E-state index in [2.05, 4.69) is 6.92 Å². The van der Waals surface area contributed by atoms with Gasteiger partial charge in [0.05, 0.1) is 12.0 Å². The molecule has 1 fully saturated rings. The molecule has 2 atom stereocenters. The zero-order valence-electron chi connectivity index (χ0n) is 16.5. The van der Waals surface area contributed by atoms with Crippen molar-refractivity contribution in [3.63, 3.8) is 0 Å². The Kier molecular flexibility index (Phi) is 9.76. The molecule has 1 heterocycles. The van der Waals surface area contributed by atoms with Crippen LogP contribution in [-0.2, 0) is 4.79 Å². The van der Waals surface area contributed by atoms with Crippen LogP contribution < -0.4 is 0 Å². The van der Waals surface area contributed by atoms with Crippen LogP contribution in [0.1, 0.15) is 102 Å². The highest BCUT2D eigenvalue weighted by Gasteiger charge is 2.35. The van der Waals surface area contributed by atoms with Crippen molar-refractivity contribution in [3.8, 4) is 0 Å². The van der Waals surface area contributed by atoms with E-state index in [9.17, 15) is 10.0 Å².